The summed E-state index contributed by atoms with van der Waals surface area (Å²) in [5.74, 6) is 0.234. The normalized spacial score (nSPS) is 22.6. The van der Waals surface area contributed by atoms with E-state index in [4.69, 9.17) is 0 Å². The van der Waals surface area contributed by atoms with Crippen LogP contribution in [0.4, 0.5) is 0 Å². The lowest BCUT2D eigenvalue weighted by molar-refractivity contribution is 0.121. The van der Waals surface area contributed by atoms with Crippen LogP contribution in [0.25, 0.3) is 0 Å². The number of aliphatic hydroxyl groups excluding tert-OH is 1. The van der Waals surface area contributed by atoms with E-state index in [1.807, 2.05) is 18.2 Å². The summed E-state index contributed by atoms with van der Waals surface area (Å²) in [6.07, 6.45) is 5.50. The molecule has 1 aromatic heterocycles. The predicted octanol–water partition coefficient (Wildman–Crippen LogP) is 1.05. The average molecular weight is 298 g/mol. The molecule has 5 nitrogen and oxygen atoms in total. The van der Waals surface area contributed by atoms with Crippen LogP contribution in [0, 0.1) is 5.92 Å². The fraction of sp³-hybridized carbons (Fsp3) is 0.643. The molecule has 1 aliphatic heterocycles. The second-order valence-corrected chi connectivity index (χ2v) is 7.53. The van der Waals surface area contributed by atoms with Gasteiger partial charge in [0.25, 0.3) is 0 Å². The standard InChI is InChI=1S/C14H22N2O3S/c1-20(18,19)16-8-4-5-12(11-16)9-14(17)10-13-6-2-3-7-15-13/h2-3,6-7,12,14,17H,4-5,8-11H2,1H3. The Kier molecular flexibility index (Phi) is 5.12. The molecular formula is C14H22N2O3S. The third kappa shape index (κ3) is 4.54. The molecule has 1 aliphatic rings. The highest BCUT2D eigenvalue weighted by atomic mass is 32.2. The van der Waals surface area contributed by atoms with Gasteiger partial charge in [0.15, 0.2) is 0 Å². The third-order valence-corrected chi connectivity index (χ3v) is 5.00. The molecule has 112 valence electrons. The van der Waals surface area contributed by atoms with Gasteiger partial charge in [-0.05, 0) is 37.3 Å². The van der Waals surface area contributed by atoms with Crippen molar-refractivity contribution in [3.63, 3.8) is 0 Å². The van der Waals surface area contributed by atoms with Gasteiger partial charge in [0.05, 0.1) is 12.4 Å². The van der Waals surface area contributed by atoms with Crippen molar-refractivity contribution < 1.29 is 13.5 Å². The summed E-state index contributed by atoms with van der Waals surface area (Å²) < 4.78 is 24.6. The van der Waals surface area contributed by atoms with E-state index in [2.05, 4.69) is 4.98 Å². The lowest BCUT2D eigenvalue weighted by atomic mass is 9.92. The molecule has 2 unspecified atom stereocenters. The van der Waals surface area contributed by atoms with Crippen molar-refractivity contribution in [1.82, 2.24) is 9.29 Å². The Labute approximate surface area is 120 Å². The molecule has 0 spiro atoms. The van der Waals surface area contributed by atoms with E-state index in [1.54, 1.807) is 6.20 Å². The zero-order valence-electron chi connectivity index (χ0n) is 11.8. The molecule has 1 N–H and O–H groups in total. The van der Waals surface area contributed by atoms with Crippen molar-refractivity contribution in [1.29, 1.82) is 0 Å². The van der Waals surface area contributed by atoms with Crippen LogP contribution < -0.4 is 0 Å². The van der Waals surface area contributed by atoms with E-state index in [-0.39, 0.29) is 5.92 Å². The van der Waals surface area contributed by atoms with Gasteiger partial charge in [-0.2, -0.15) is 0 Å². The highest BCUT2D eigenvalue weighted by Gasteiger charge is 2.27. The first-order valence-electron chi connectivity index (χ1n) is 6.98. The summed E-state index contributed by atoms with van der Waals surface area (Å²) in [6, 6.07) is 5.65. The number of aromatic nitrogens is 1. The topological polar surface area (TPSA) is 70.5 Å². The predicted molar refractivity (Wildman–Crippen MR) is 77.7 cm³/mol. The first-order valence-corrected chi connectivity index (χ1v) is 8.83. The summed E-state index contributed by atoms with van der Waals surface area (Å²) in [4.78, 5) is 4.20. The summed E-state index contributed by atoms with van der Waals surface area (Å²) in [5, 5.41) is 10.1. The van der Waals surface area contributed by atoms with Gasteiger partial charge >= 0.3 is 0 Å². The fourth-order valence-corrected chi connectivity index (χ4v) is 3.69. The number of aliphatic hydroxyl groups is 1. The molecule has 0 radical (unpaired) electrons. The summed E-state index contributed by atoms with van der Waals surface area (Å²) >= 11 is 0. The molecule has 6 heteroatoms. The number of pyridine rings is 1. The smallest absolute Gasteiger partial charge is 0.211 e. The molecule has 2 atom stereocenters. The van der Waals surface area contributed by atoms with Gasteiger partial charge in [-0.15, -0.1) is 0 Å². The van der Waals surface area contributed by atoms with E-state index in [0.717, 1.165) is 18.5 Å². The second kappa shape index (κ2) is 6.65. The highest BCUT2D eigenvalue weighted by molar-refractivity contribution is 7.88. The van der Waals surface area contributed by atoms with Crippen LogP contribution in [0.5, 0.6) is 0 Å². The quantitative estimate of drug-likeness (QED) is 0.882. The SMILES string of the molecule is CS(=O)(=O)N1CCCC(CC(O)Cc2ccccn2)C1. The number of sulfonamides is 1. The third-order valence-electron chi connectivity index (χ3n) is 3.73. The molecule has 2 heterocycles. The average Bonchev–Trinajstić information content (AvgIpc) is 2.39. The number of nitrogens with zero attached hydrogens (tertiary/aromatic N) is 2. The lowest BCUT2D eigenvalue weighted by Crippen LogP contribution is -2.40. The number of piperidine rings is 1. The largest absolute Gasteiger partial charge is 0.393 e. The van der Waals surface area contributed by atoms with Crippen LogP contribution in [0.15, 0.2) is 24.4 Å². The molecule has 0 bridgehead atoms. The minimum Gasteiger partial charge on any atom is -0.393 e. The van der Waals surface area contributed by atoms with Crippen LogP contribution in [-0.2, 0) is 16.4 Å². The Hall–Kier alpha value is -0.980. The van der Waals surface area contributed by atoms with Gasteiger partial charge in [-0.3, -0.25) is 4.98 Å². The van der Waals surface area contributed by atoms with Crippen molar-refractivity contribution in [3.05, 3.63) is 30.1 Å². The van der Waals surface area contributed by atoms with E-state index in [0.29, 0.717) is 25.9 Å². The van der Waals surface area contributed by atoms with Gasteiger partial charge in [-0.1, -0.05) is 6.07 Å². The van der Waals surface area contributed by atoms with Crippen molar-refractivity contribution in [2.24, 2.45) is 5.92 Å². The van der Waals surface area contributed by atoms with Gasteiger partial charge < -0.3 is 5.11 Å². The summed E-state index contributed by atoms with van der Waals surface area (Å²) in [5.41, 5.74) is 0.871. The maximum atomic E-state index is 11.6. The summed E-state index contributed by atoms with van der Waals surface area (Å²) in [7, 11) is -3.11. The van der Waals surface area contributed by atoms with Gasteiger partial charge in [-0.25, -0.2) is 12.7 Å². The Morgan fingerprint density at radius 3 is 2.95 bits per heavy atom. The highest BCUT2D eigenvalue weighted by Crippen LogP contribution is 2.23. The zero-order valence-corrected chi connectivity index (χ0v) is 12.6. The molecule has 20 heavy (non-hydrogen) atoms. The zero-order chi connectivity index (χ0) is 14.6. The van der Waals surface area contributed by atoms with E-state index >= 15 is 0 Å². The van der Waals surface area contributed by atoms with E-state index in [1.165, 1.54) is 10.6 Å². The molecule has 0 saturated carbocycles. The lowest BCUT2D eigenvalue weighted by Gasteiger charge is -2.31. The maximum absolute atomic E-state index is 11.6. The minimum atomic E-state index is -3.11. The minimum absolute atomic E-state index is 0.234. The monoisotopic (exact) mass is 298 g/mol. The Morgan fingerprint density at radius 1 is 1.50 bits per heavy atom. The molecule has 0 amide bonds. The van der Waals surface area contributed by atoms with Crippen molar-refractivity contribution in [2.75, 3.05) is 19.3 Å². The molecule has 0 aliphatic carbocycles. The molecule has 1 fully saturated rings. The molecular weight excluding hydrogens is 276 g/mol. The number of rotatable bonds is 5. The van der Waals surface area contributed by atoms with Crippen LogP contribution in [0.3, 0.4) is 0 Å². The van der Waals surface area contributed by atoms with E-state index in [9.17, 15) is 13.5 Å². The number of hydrogen-bond donors (Lipinski definition) is 1. The first kappa shape index (κ1) is 15.4. The van der Waals surface area contributed by atoms with Gasteiger partial charge in [0.2, 0.25) is 10.0 Å². The Bertz CT molecular complexity index is 518. The van der Waals surface area contributed by atoms with Crippen LogP contribution in [-0.4, -0.2) is 48.3 Å². The second-order valence-electron chi connectivity index (χ2n) is 5.54. The van der Waals surface area contributed by atoms with Crippen LogP contribution in [0.1, 0.15) is 25.0 Å². The van der Waals surface area contributed by atoms with Crippen molar-refractivity contribution in [2.45, 2.75) is 31.8 Å². The molecule has 1 saturated heterocycles. The summed E-state index contributed by atoms with van der Waals surface area (Å²) in [6.45, 7) is 1.13. The Morgan fingerprint density at radius 2 is 2.30 bits per heavy atom. The van der Waals surface area contributed by atoms with Crippen LogP contribution >= 0.6 is 0 Å². The van der Waals surface area contributed by atoms with Gasteiger partial charge in [0, 0.05) is 31.4 Å². The fourth-order valence-electron chi connectivity index (χ4n) is 2.75. The Balaban J connectivity index is 1.86. The first-order chi connectivity index (χ1) is 9.45. The van der Waals surface area contributed by atoms with Crippen molar-refractivity contribution in [3.8, 4) is 0 Å². The molecule has 2 rings (SSSR count). The van der Waals surface area contributed by atoms with Crippen LogP contribution in [0.2, 0.25) is 0 Å². The van der Waals surface area contributed by atoms with E-state index < -0.39 is 16.1 Å². The number of hydrogen-bond acceptors (Lipinski definition) is 4. The maximum Gasteiger partial charge on any atom is 0.211 e. The van der Waals surface area contributed by atoms with Crippen molar-refractivity contribution >= 4 is 10.0 Å². The van der Waals surface area contributed by atoms with Gasteiger partial charge in [0.1, 0.15) is 0 Å². The molecule has 1 aromatic rings. The molecule has 0 aromatic carbocycles.